The Hall–Kier alpha value is -2.84. The maximum absolute atomic E-state index is 12.9. The van der Waals surface area contributed by atoms with Gasteiger partial charge in [0.1, 0.15) is 12.4 Å². The second-order valence-electron chi connectivity index (χ2n) is 6.21. The van der Waals surface area contributed by atoms with Crippen LogP contribution in [-0.4, -0.2) is 32.7 Å². The Morgan fingerprint density at radius 3 is 2.57 bits per heavy atom. The molecule has 7 nitrogen and oxygen atoms in total. The van der Waals surface area contributed by atoms with Gasteiger partial charge in [-0.15, -0.1) is 0 Å². The van der Waals surface area contributed by atoms with Crippen LogP contribution in [0.4, 0.5) is 5.69 Å². The number of para-hydroxylation sites is 1. The summed E-state index contributed by atoms with van der Waals surface area (Å²) in [4.78, 5) is 12.5. The number of rotatable bonds is 7. The molecule has 0 aliphatic carbocycles. The van der Waals surface area contributed by atoms with Crippen molar-refractivity contribution in [2.45, 2.75) is 25.5 Å². The average Bonchev–Trinajstić information content (AvgIpc) is 3.02. The van der Waals surface area contributed by atoms with Crippen molar-refractivity contribution in [3.8, 4) is 0 Å². The molecule has 8 heteroatoms. The Labute approximate surface area is 163 Å². The number of hydrogen-bond acceptors (Lipinski definition) is 5. The number of aryl methyl sites for hydroxylation is 1. The zero-order valence-electron chi connectivity index (χ0n) is 15.9. The summed E-state index contributed by atoms with van der Waals surface area (Å²) in [5.41, 5.74) is 1.83. The minimum absolute atomic E-state index is 0.0702. The lowest BCUT2D eigenvalue weighted by atomic mass is 10.2. The summed E-state index contributed by atoms with van der Waals surface area (Å²) in [6.45, 7) is 3.77. The highest BCUT2D eigenvalue weighted by atomic mass is 32.2. The molecular weight excluding hydrogens is 380 g/mol. The van der Waals surface area contributed by atoms with E-state index < -0.39 is 16.0 Å². The minimum Gasteiger partial charge on any atom is -0.461 e. The second kappa shape index (κ2) is 8.04. The predicted octanol–water partition coefficient (Wildman–Crippen LogP) is 3.53. The van der Waals surface area contributed by atoms with Crippen LogP contribution in [-0.2, 0) is 26.2 Å². The number of nitrogens with one attached hydrogen (secondary N) is 1. The average molecular weight is 402 g/mol. The van der Waals surface area contributed by atoms with Crippen molar-refractivity contribution in [2.24, 2.45) is 0 Å². The van der Waals surface area contributed by atoms with Crippen LogP contribution in [0.2, 0.25) is 0 Å². The third kappa shape index (κ3) is 3.74. The molecule has 0 fully saturated rings. The number of benzene rings is 2. The Bertz CT molecular complexity index is 1120. The van der Waals surface area contributed by atoms with Crippen LogP contribution in [0, 0.1) is 6.92 Å². The first-order valence-electron chi connectivity index (χ1n) is 8.75. The lowest BCUT2D eigenvalue weighted by Gasteiger charge is -2.14. The molecular formula is C20H22N2O5S. The minimum atomic E-state index is -3.81. The number of carbonyl (C=O) groups excluding carboxylic acids is 1. The molecule has 0 radical (unpaired) electrons. The molecule has 2 aromatic carbocycles. The first kappa shape index (κ1) is 19.9. The fourth-order valence-corrected chi connectivity index (χ4v) is 4.42. The van der Waals surface area contributed by atoms with Crippen LogP contribution in [0.25, 0.3) is 10.9 Å². The molecule has 1 heterocycles. The summed E-state index contributed by atoms with van der Waals surface area (Å²) >= 11 is 0. The van der Waals surface area contributed by atoms with Crippen LogP contribution in [0.15, 0.2) is 53.4 Å². The standard InChI is InChI=1S/C20H22N2O5S/c1-4-27-20(23)17-12-15-9-7-10-16(19(15)22(17)13-26-3)21-28(24,25)18-11-6-5-8-14(18)2/h5-12,21H,4,13H2,1-3H3. The van der Waals surface area contributed by atoms with E-state index in [0.29, 0.717) is 27.8 Å². The molecule has 0 aliphatic rings. The topological polar surface area (TPSA) is 86.6 Å². The van der Waals surface area contributed by atoms with Crippen LogP contribution in [0.1, 0.15) is 23.0 Å². The molecule has 0 bridgehead atoms. The van der Waals surface area contributed by atoms with Gasteiger partial charge < -0.3 is 14.0 Å². The lowest BCUT2D eigenvalue weighted by molar-refractivity contribution is 0.0496. The number of sulfonamides is 1. The van der Waals surface area contributed by atoms with Gasteiger partial charge in [0.15, 0.2) is 0 Å². The molecule has 0 atom stereocenters. The van der Waals surface area contributed by atoms with E-state index in [9.17, 15) is 13.2 Å². The van der Waals surface area contributed by atoms with E-state index in [1.54, 1.807) is 66.9 Å². The van der Waals surface area contributed by atoms with Gasteiger partial charge in [0.2, 0.25) is 0 Å². The maximum atomic E-state index is 12.9. The number of hydrogen-bond donors (Lipinski definition) is 1. The molecule has 0 amide bonds. The predicted molar refractivity (Wildman–Crippen MR) is 107 cm³/mol. The third-order valence-corrected chi connectivity index (χ3v) is 5.82. The summed E-state index contributed by atoms with van der Waals surface area (Å²) < 4.78 is 40.5. The third-order valence-electron chi connectivity index (χ3n) is 4.29. The van der Waals surface area contributed by atoms with E-state index in [4.69, 9.17) is 9.47 Å². The van der Waals surface area contributed by atoms with E-state index in [0.717, 1.165) is 0 Å². The van der Waals surface area contributed by atoms with Crippen molar-refractivity contribution in [3.63, 3.8) is 0 Å². The summed E-state index contributed by atoms with van der Waals surface area (Å²) in [6.07, 6.45) is 0. The second-order valence-corrected chi connectivity index (χ2v) is 7.86. The Morgan fingerprint density at radius 1 is 1.14 bits per heavy atom. The van der Waals surface area contributed by atoms with E-state index in [-0.39, 0.29) is 18.2 Å². The zero-order valence-corrected chi connectivity index (χ0v) is 16.7. The van der Waals surface area contributed by atoms with E-state index in [1.807, 2.05) is 0 Å². The van der Waals surface area contributed by atoms with Gasteiger partial charge in [0, 0.05) is 12.5 Å². The molecule has 28 heavy (non-hydrogen) atoms. The molecule has 148 valence electrons. The van der Waals surface area contributed by atoms with Crippen molar-refractivity contribution >= 4 is 32.6 Å². The molecule has 3 rings (SSSR count). The highest BCUT2D eigenvalue weighted by molar-refractivity contribution is 7.92. The van der Waals surface area contributed by atoms with Gasteiger partial charge in [-0.25, -0.2) is 13.2 Å². The van der Waals surface area contributed by atoms with Gasteiger partial charge in [0.25, 0.3) is 10.0 Å². The SMILES string of the molecule is CCOC(=O)c1cc2cccc(NS(=O)(=O)c3ccccc3C)c2n1COC. The van der Waals surface area contributed by atoms with Gasteiger partial charge in [-0.2, -0.15) is 0 Å². The largest absolute Gasteiger partial charge is 0.461 e. The highest BCUT2D eigenvalue weighted by Gasteiger charge is 2.22. The lowest BCUT2D eigenvalue weighted by Crippen LogP contribution is -2.16. The van der Waals surface area contributed by atoms with Gasteiger partial charge in [-0.1, -0.05) is 30.3 Å². The molecule has 1 aromatic heterocycles. The van der Waals surface area contributed by atoms with Crippen molar-refractivity contribution in [1.82, 2.24) is 4.57 Å². The van der Waals surface area contributed by atoms with E-state index >= 15 is 0 Å². The zero-order chi connectivity index (χ0) is 20.3. The van der Waals surface area contributed by atoms with Gasteiger partial charge in [-0.05, 0) is 37.6 Å². The molecule has 0 saturated heterocycles. The first-order chi connectivity index (χ1) is 13.4. The van der Waals surface area contributed by atoms with Crippen molar-refractivity contribution in [1.29, 1.82) is 0 Å². The van der Waals surface area contributed by atoms with Crippen molar-refractivity contribution < 1.29 is 22.7 Å². The number of methoxy groups -OCH3 is 1. The smallest absolute Gasteiger partial charge is 0.355 e. The highest BCUT2D eigenvalue weighted by Crippen LogP contribution is 2.30. The van der Waals surface area contributed by atoms with Crippen molar-refractivity contribution in [2.75, 3.05) is 18.4 Å². The number of carbonyl (C=O) groups is 1. The summed E-state index contributed by atoms with van der Waals surface area (Å²) in [6, 6.07) is 13.6. The first-order valence-corrected chi connectivity index (χ1v) is 10.2. The van der Waals surface area contributed by atoms with Gasteiger partial charge in [-0.3, -0.25) is 4.72 Å². The van der Waals surface area contributed by atoms with E-state index in [1.165, 1.54) is 7.11 Å². The molecule has 0 spiro atoms. The number of ether oxygens (including phenoxy) is 2. The number of aromatic nitrogens is 1. The fraction of sp³-hybridized carbons (Fsp3) is 0.250. The monoisotopic (exact) mass is 402 g/mol. The Balaban J connectivity index is 2.14. The molecule has 0 unspecified atom stereocenters. The summed E-state index contributed by atoms with van der Waals surface area (Å²) in [7, 11) is -2.31. The maximum Gasteiger partial charge on any atom is 0.355 e. The van der Waals surface area contributed by atoms with Crippen LogP contribution in [0.3, 0.4) is 0 Å². The molecule has 1 N–H and O–H groups in total. The number of fused-ring (bicyclic) bond motifs is 1. The fourth-order valence-electron chi connectivity index (χ4n) is 3.10. The number of anilines is 1. The quantitative estimate of drug-likeness (QED) is 0.611. The normalized spacial score (nSPS) is 11.5. The van der Waals surface area contributed by atoms with Gasteiger partial charge >= 0.3 is 5.97 Å². The summed E-state index contributed by atoms with van der Waals surface area (Å²) in [5.74, 6) is -0.497. The van der Waals surface area contributed by atoms with Crippen LogP contribution in [0.5, 0.6) is 0 Å². The van der Waals surface area contributed by atoms with Gasteiger partial charge in [0.05, 0.1) is 22.7 Å². The number of nitrogens with zero attached hydrogens (tertiary/aromatic N) is 1. The molecule has 0 saturated carbocycles. The summed E-state index contributed by atoms with van der Waals surface area (Å²) in [5, 5.41) is 0.699. The molecule has 3 aromatic rings. The Morgan fingerprint density at radius 2 is 1.89 bits per heavy atom. The number of esters is 1. The van der Waals surface area contributed by atoms with Crippen LogP contribution >= 0.6 is 0 Å². The Kier molecular flexibility index (Phi) is 5.71. The molecule has 0 aliphatic heterocycles. The van der Waals surface area contributed by atoms with E-state index in [2.05, 4.69) is 4.72 Å². The van der Waals surface area contributed by atoms with Crippen molar-refractivity contribution in [3.05, 3.63) is 59.8 Å². The van der Waals surface area contributed by atoms with Crippen LogP contribution < -0.4 is 4.72 Å².